The van der Waals surface area contributed by atoms with Crippen LogP contribution < -0.4 is 0 Å². The highest BCUT2D eigenvalue weighted by Gasteiger charge is 2.13. The molecule has 0 bridgehead atoms. The van der Waals surface area contributed by atoms with Gasteiger partial charge in [0.15, 0.2) is 0 Å². The molecule has 1 aliphatic rings. The summed E-state index contributed by atoms with van der Waals surface area (Å²) in [6, 6.07) is 10.8. The molecule has 0 saturated heterocycles. The van der Waals surface area contributed by atoms with E-state index in [2.05, 4.69) is 49.4 Å². The van der Waals surface area contributed by atoms with Crippen LogP contribution in [0.3, 0.4) is 0 Å². The first-order valence-electron chi connectivity index (χ1n) is 6.05. The molecule has 0 heteroatoms. The molecule has 0 N–H and O–H groups in total. The van der Waals surface area contributed by atoms with Crippen molar-refractivity contribution in [2.24, 2.45) is 11.8 Å². The third kappa shape index (κ3) is 3.23. The van der Waals surface area contributed by atoms with Crippen LogP contribution in [0.2, 0.25) is 0 Å². The Labute approximate surface area is 93.0 Å². The summed E-state index contributed by atoms with van der Waals surface area (Å²) < 4.78 is 0. The zero-order valence-corrected chi connectivity index (χ0v) is 9.52. The lowest BCUT2D eigenvalue weighted by Gasteiger charge is -2.21. The molecule has 0 unspecified atom stereocenters. The van der Waals surface area contributed by atoms with Crippen molar-refractivity contribution < 1.29 is 0 Å². The van der Waals surface area contributed by atoms with Gasteiger partial charge in [0.25, 0.3) is 0 Å². The van der Waals surface area contributed by atoms with Crippen LogP contribution in [0, 0.1) is 11.8 Å². The summed E-state index contributed by atoms with van der Waals surface area (Å²) in [5.41, 5.74) is 1.48. The fourth-order valence-corrected chi connectivity index (χ4v) is 2.41. The molecule has 0 radical (unpaired) electrons. The monoisotopic (exact) mass is 200 g/mol. The number of allylic oxidation sites excluding steroid dienone is 2. The molecule has 2 atom stereocenters. The zero-order valence-electron chi connectivity index (χ0n) is 9.52. The van der Waals surface area contributed by atoms with Gasteiger partial charge in [0.1, 0.15) is 0 Å². The molecular weight excluding hydrogens is 180 g/mol. The number of hydrogen-bond donors (Lipinski definition) is 0. The quantitative estimate of drug-likeness (QED) is 0.641. The zero-order chi connectivity index (χ0) is 10.5. The molecule has 0 saturated carbocycles. The van der Waals surface area contributed by atoms with Crippen LogP contribution in [-0.2, 0) is 6.42 Å². The molecule has 1 aliphatic carbocycles. The Balaban J connectivity index is 1.83. The van der Waals surface area contributed by atoms with E-state index in [9.17, 15) is 0 Å². The second-order valence-electron chi connectivity index (χ2n) is 4.79. The topological polar surface area (TPSA) is 0 Å². The fraction of sp³-hybridized carbons (Fsp3) is 0.467. The van der Waals surface area contributed by atoms with E-state index in [0.29, 0.717) is 0 Å². The second kappa shape index (κ2) is 5.16. The molecule has 0 spiro atoms. The highest BCUT2D eigenvalue weighted by molar-refractivity contribution is 5.15. The predicted molar refractivity (Wildman–Crippen MR) is 65.8 cm³/mol. The molecule has 15 heavy (non-hydrogen) atoms. The van der Waals surface area contributed by atoms with Crippen LogP contribution in [0.4, 0.5) is 0 Å². The van der Waals surface area contributed by atoms with Crippen molar-refractivity contribution in [1.82, 2.24) is 0 Å². The third-order valence-electron chi connectivity index (χ3n) is 3.30. The highest BCUT2D eigenvalue weighted by atomic mass is 14.2. The minimum absolute atomic E-state index is 0.814. The average molecular weight is 200 g/mol. The maximum absolute atomic E-state index is 2.42. The first-order valence-corrected chi connectivity index (χ1v) is 6.05. The van der Waals surface area contributed by atoms with E-state index in [1.165, 1.54) is 31.2 Å². The largest absolute Gasteiger partial charge is 0.0880 e. The van der Waals surface area contributed by atoms with E-state index >= 15 is 0 Å². The summed E-state index contributed by atoms with van der Waals surface area (Å²) in [6.07, 6.45) is 9.98. The fourth-order valence-electron chi connectivity index (χ4n) is 2.41. The Bertz CT molecular complexity index is 310. The number of aryl methyl sites for hydroxylation is 1. The minimum atomic E-state index is 0.814. The lowest BCUT2D eigenvalue weighted by atomic mass is 9.84. The predicted octanol–water partition coefficient (Wildman–Crippen LogP) is 4.22. The summed E-state index contributed by atoms with van der Waals surface area (Å²) in [6.45, 7) is 2.36. The van der Waals surface area contributed by atoms with E-state index < -0.39 is 0 Å². The molecule has 0 aliphatic heterocycles. The molecule has 0 amide bonds. The van der Waals surface area contributed by atoms with E-state index in [1.54, 1.807) is 0 Å². The van der Waals surface area contributed by atoms with Gasteiger partial charge in [0, 0.05) is 0 Å². The van der Waals surface area contributed by atoms with Gasteiger partial charge in [-0.2, -0.15) is 0 Å². The molecule has 0 fully saturated rings. The summed E-state index contributed by atoms with van der Waals surface area (Å²) in [5, 5.41) is 0. The first-order chi connectivity index (χ1) is 7.34. The molecule has 1 aromatic rings. The molecular formula is C15H20. The van der Waals surface area contributed by atoms with Gasteiger partial charge in [-0.1, -0.05) is 49.4 Å². The average Bonchev–Trinajstić information content (AvgIpc) is 2.28. The molecule has 80 valence electrons. The normalized spacial score (nSPS) is 25.4. The Kier molecular flexibility index (Phi) is 3.60. The number of rotatable bonds is 3. The van der Waals surface area contributed by atoms with Crippen molar-refractivity contribution in [1.29, 1.82) is 0 Å². The molecule has 0 aromatic heterocycles. The van der Waals surface area contributed by atoms with Gasteiger partial charge >= 0.3 is 0 Å². The second-order valence-corrected chi connectivity index (χ2v) is 4.79. The number of hydrogen-bond acceptors (Lipinski definition) is 0. The standard InChI is InChI=1S/C15H20/c1-13-6-5-9-15(12-13)11-10-14-7-3-2-4-8-14/h2-5,7-9,13,15H,6,10-12H2,1H3/t13-,15+/m1/s1. The molecule has 2 rings (SSSR count). The molecule has 1 aromatic carbocycles. The lowest BCUT2D eigenvalue weighted by Crippen LogP contribution is -2.09. The Morgan fingerprint density at radius 3 is 2.73 bits per heavy atom. The number of benzene rings is 1. The van der Waals surface area contributed by atoms with E-state index in [0.717, 1.165) is 11.8 Å². The Morgan fingerprint density at radius 1 is 1.20 bits per heavy atom. The van der Waals surface area contributed by atoms with Crippen molar-refractivity contribution in [3.63, 3.8) is 0 Å². The first kappa shape index (κ1) is 10.5. The van der Waals surface area contributed by atoms with Gasteiger partial charge in [-0.25, -0.2) is 0 Å². The summed E-state index contributed by atoms with van der Waals surface area (Å²) >= 11 is 0. The summed E-state index contributed by atoms with van der Waals surface area (Å²) in [5.74, 6) is 1.70. The van der Waals surface area contributed by atoms with Crippen molar-refractivity contribution in [3.8, 4) is 0 Å². The van der Waals surface area contributed by atoms with Crippen LogP contribution >= 0.6 is 0 Å². The van der Waals surface area contributed by atoms with Gasteiger partial charge in [-0.15, -0.1) is 0 Å². The van der Waals surface area contributed by atoms with Crippen LogP contribution in [0.15, 0.2) is 42.5 Å². The maximum atomic E-state index is 2.42. The van der Waals surface area contributed by atoms with E-state index in [4.69, 9.17) is 0 Å². The van der Waals surface area contributed by atoms with Crippen molar-refractivity contribution in [2.45, 2.75) is 32.6 Å². The van der Waals surface area contributed by atoms with Crippen molar-refractivity contribution in [3.05, 3.63) is 48.0 Å². The van der Waals surface area contributed by atoms with Crippen LogP contribution in [0.25, 0.3) is 0 Å². The summed E-state index contributed by atoms with van der Waals surface area (Å²) in [4.78, 5) is 0. The van der Waals surface area contributed by atoms with E-state index in [-0.39, 0.29) is 0 Å². The maximum Gasteiger partial charge on any atom is -0.0228 e. The van der Waals surface area contributed by atoms with E-state index in [1.807, 2.05) is 0 Å². The van der Waals surface area contributed by atoms with Crippen molar-refractivity contribution in [2.75, 3.05) is 0 Å². The van der Waals surface area contributed by atoms with Gasteiger partial charge in [-0.05, 0) is 43.1 Å². The summed E-state index contributed by atoms with van der Waals surface area (Å²) in [7, 11) is 0. The molecule has 0 nitrogen and oxygen atoms in total. The SMILES string of the molecule is C[C@@H]1CC=C[C@@H](CCc2ccccc2)C1. The minimum Gasteiger partial charge on any atom is -0.0880 e. The van der Waals surface area contributed by atoms with Crippen molar-refractivity contribution >= 4 is 0 Å². The molecule has 0 heterocycles. The third-order valence-corrected chi connectivity index (χ3v) is 3.30. The van der Waals surface area contributed by atoms with Crippen LogP contribution in [-0.4, -0.2) is 0 Å². The Hall–Kier alpha value is -1.04. The van der Waals surface area contributed by atoms with Gasteiger partial charge < -0.3 is 0 Å². The van der Waals surface area contributed by atoms with Gasteiger partial charge in [0.05, 0.1) is 0 Å². The van der Waals surface area contributed by atoms with Gasteiger partial charge in [-0.3, -0.25) is 0 Å². The Morgan fingerprint density at radius 2 is 2.00 bits per heavy atom. The lowest BCUT2D eigenvalue weighted by molar-refractivity contribution is 0.409. The highest BCUT2D eigenvalue weighted by Crippen LogP contribution is 2.26. The van der Waals surface area contributed by atoms with Crippen LogP contribution in [0.5, 0.6) is 0 Å². The van der Waals surface area contributed by atoms with Gasteiger partial charge in [0.2, 0.25) is 0 Å². The smallest absolute Gasteiger partial charge is 0.0228 e. The van der Waals surface area contributed by atoms with Crippen LogP contribution in [0.1, 0.15) is 31.7 Å².